The molecule has 21 heavy (non-hydrogen) atoms. The first kappa shape index (κ1) is 17.4. The molecule has 2 aromatic rings. The summed E-state index contributed by atoms with van der Waals surface area (Å²) in [5.74, 6) is 0.593. The molecule has 0 bridgehead atoms. The van der Waals surface area contributed by atoms with Gasteiger partial charge in [-0.3, -0.25) is 0 Å². The molecule has 0 unspecified atom stereocenters. The van der Waals surface area contributed by atoms with E-state index in [0.29, 0.717) is 12.5 Å². The molecule has 7 heteroatoms. The van der Waals surface area contributed by atoms with Crippen LogP contribution in [0.15, 0.2) is 41.9 Å². The Morgan fingerprint density at radius 2 is 1.90 bits per heavy atom. The Hall–Kier alpha value is -1.64. The van der Waals surface area contributed by atoms with Gasteiger partial charge in [-0.25, -0.2) is 14.7 Å². The van der Waals surface area contributed by atoms with Gasteiger partial charge in [-0.05, 0) is 31.5 Å². The van der Waals surface area contributed by atoms with Crippen LogP contribution >= 0.6 is 24.0 Å². The lowest BCUT2D eigenvalue weighted by atomic mass is 10.2. The minimum absolute atomic E-state index is 0. The first-order chi connectivity index (χ1) is 9.74. The molecular weight excluding hydrogens is 379 g/mol. The summed E-state index contributed by atoms with van der Waals surface area (Å²) in [7, 11) is 0. The summed E-state index contributed by atoms with van der Waals surface area (Å²) < 4.78 is 1.72. The third kappa shape index (κ3) is 4.69. The predicted octanol–water partition coefficient (Wildman–Crippen LogP) is 2.04. The normalized spacial score (nSPS) is 11.0. The molecule has 6 nitrogen and oxygen atoms in total. The quantitative estimate of drug-likeness (QED) is 0.474. The van der Waals surface area contributed by atoms with Crippen LogP contribution in [0.25, 0.3) is 5.69 Å². The number of nitrogens with two attached hydrogens (primary N) is 1. The predicted molar refractivity (Wildman–Crippen MR) is 95.0 cm³/mol. The Labute approximate surface area is 142 Å². The van der Waals surface area contributed by atoms with Gasteiger partial charge in [0.25, 0.3) is 0 Å². The second-order valence-corrected chi connectivity index (χ2v) is 4.35. The van der Waals surface area contributed by atoms with Gasteiger partial charge in [0.2, 0.25) is 0 Å². The molecule has 0 saturated carbocycles. The zero-order valence-corrected chi connectivity index (χ0v) is 14.6. The smallest absolute Gasteiger partial charge is 0.191 e. The van der Waals surface area contributed by atoms with Crippen molar-refractivity contribution in [2.24, 2.45) is 10.7 Å². The lowest BCUT2D eigenvalue weighted by Gasteiger charge is -2.19. The Balaban J connectivity index is 0.00000220. The van der Waals surface area contributed by atoms with E-state index in [2.05, 4.69) is 28.9 Å². The van der Waals surface area contributed by atoms with Crippen molar-refractivity contribution in [1.82, 2.24) is 19.7 Å². The van der Waals surface area contributed by atoms with E-state index in [9.17, 15) is 0 Å². The van der Waals surface area contributed by atoms with Gasteiger partial charge in [0, 0.05) is 13.1 Å². The lowest BCUT2D eigenvalue weighted by molar-refractivity contribution is 0.458. The van der Waals surface area contributed by atoms with Gasteiger partial charge in [0.15, 0.2) is 5.96 Å². The van der Waals surface area contributed by atoms with Crippen LogP contribution in [0.4, 0.5) is 0 Å². The molecule has 2 rings (SSSR count). The van der Waals surface area contributed by atoms with Crippen LogP contribution in [0, 0.1) is 0 Å². The molecule has 0 atom stereocenters. The molecule has 0 fully saturated rings. The number of nitrogens with zero attached hydrogens (tertiary/aromatic N) is 5. The number of hydrogen-bond donors (Lipinski definition) is 1. The molecule has 0 aliphatic heterocycles. The molecule has 114 valence electrons. The summed E-state index contributed by atoms with van der Waals surface area (Å²) in [6, 6.07) is 8.03. The zero-order chi connectivity index (χ0) is 14.4. The maximum Gasteiger partial charge on any atom is 0.191 e. The number of guanidine groups is 1. The number of aromatic nitrogens is 3. The fourth-order valence-electron chi connectivity index (χ4n) is 1.92. The standard InChI is InChI=1S/C14H20N6.HI/c1-3-19(4-2)14(15)17-9-12-5-7-13(8-6-12)20-11-16-10-18-20;/h5-8,10-11H,3-4,9H2,1-2H3,(H2,15,17);1H. The summed E-state index contributed by atoms with van der Waals surface area (Å²) >= 11 is 0. The van der Waals surface area contributed by atoms with E-state index < -0.39 is 0 Å². The number of hydrogen-bond acceptors (Lipinski definition) is 3. The third-order valence-corrected chi connectivity index (χ3v) is 3.13. The third-order valence-electron chi connectivity index (χ3n) is 3.13. The highest BCUT2D eigenvalue weighted by atomic mass is 127. The van der Waals surface area contributed by atoms with Crippen molar-refractivity contribution in [3.8, 4) is 5.69 Å². The Kier molecular flexibility index (Phi) is 7.13. The highest BCUT2D eigenvalue weighted by Gasteiger charge is 2.02. The van der Waals surface area contributed by atoms with Crippen molar-refractivity contribution in [2.45, 2.75) is 20.4 Å². The minimum atomic E-state index is 0. The maximum absolute atomic E-state index is 5.95. The summed E-state index contributed by atoms with van der Waals surface area (Å²) in [5.41, 5.74) is 8.04. The van der Waals surface area contributed by atoms with E-state index >= 15 is 0 Å². The fraction of sp³-hybridized carbons (Fsp3) is 0.357. The molecule has 1 aromatic carbocycles. The van der Waals surface area contributed by atoms with Crippen molar-refractivity contribution in [1.29, 1.82) is 0 Å². The SMILES string of the molecule is CCN(CC)C(N)=NCc1ccc(-n2cncn2)cc1.I. The van der Waals surface area contributed by atoms with Crippen LogP contribution in [0.1, 0.15) is 19.4 Å². The van der Waals surface area contributed by atoms with Gasteiger partial charge < -0.3 is 10.6 Å². The van der Waals surface area contributed by atoms with Crippen molar-refractivity contribution >= 4 is 29.9 Å². The van der Waals surface area contributed by atoms with Gasteiger partial charge in [-0.1, -0.05) is 12.1 Å². The summed E-state index contributed by atoms with van der Waals surface area (Å²) in [6.45, 7) is 6.46. The molecule has 0 saturated heterocycles. The monoisotopic (exact) mass is 400 g/mol. The van der Waals surface area contributed by atoms with Crippen LogP contribution in [-0.4, -0.2) is 38.7 Å². The van der Waals surface area contributed by atoms with Crippen molar-refractivity contribution in [3.05, 3.63) is 42.5 Å². The van der Waals surface area contributed by atoms with E-state index in [1.54, 1.807) is 11.0 Å². The largest absolute Gasteiger partial charge is 0.370 e. The van der Waals surface area contributed by atoms with Crippen LogP contribution in [0.2, 0.25) is 0 Å². The van der Waals surface area contributed by atoms with E-state index in [-0.39, 0.29) is 24.0 Å². The topological polar surface area (TPSA) is 72.3 Å². The van der Waals surface area contributed by atoms with Gasteiger partial charge in [-0.15, -0.1) is 24.0 Å². The van der Waals surface area contributed by atoms with Crippen LogP contribution in [0.3, 0.4) is 0 Å². The van der Waals surface area contributed by atoms with E-state index in [4.69, 9.17) is 5.73 Å². The number of rotatable bonds is 5. The molecular formula is C14H21IN6. The number of halogens is 1. The van der Waals surface area contributed by atoms with Crippen LogP contribution in [0.5, 0.6) is 0 Å². The first-order valence-corrected chi connectivity index (χ1v) is 6.73. The molecule has 0 radical (unpaired) electrons. The molecule has 0 amide bonds. The Morgan fingerprint density at radius 1 is 1.24 bits per heavy atom. The average molecular weight is 400 g/mol. The number of aliphatic imine (C=N–C) groups is 1. The molecule has 0 aliphatic rings. The summed E-state index contributed by atoms with van der Waals surface area (Å²) in [4.78, 5) is 10.4. The fourth-order valence-corrected chi connectivity index (χ4v) is 1.92. The Bertz CT molecular complexity index is 545. The van der Waals surface area contributed by atoms with Gasteiger partial charge in [-0.2, -0.15) is 5.10 Å². The lowest BCUT2D eigenvalue weighted by Crippen LogP contribution is -2.37. The molecule has 1 aromatic heterocycles. The van der Waals surface area contributed by atoms with E-state index in [0.717, 1.165) is 24.3 Å². The second-order valence-electron chi connectivity index (χ2n) is 4.35. The van der Waals surface area contributed by atoms with Crippen LogP contribution in [-0.2, 0) is 6.54 Å². The highest BCUT2D eigenvalue weighted by Crippen LogP contribution is 2.09. The van der Waals surface area contributed by atoms with Gasteiger partial charge in [0.05, 0.1) is 12.2 Å². The van der Waals surface area contributed by atoms with E-state index in [1.165, 1.54) is 6.33 Å². The zero-order valence-electron chi connectivity index (χ0n) is 12.3. The van der Waals surface area contributed by atoms with Crippen molar-refractivity contribution < 1.29 is 0 Å². The van der Waals surface area contributed by atoms with Gasteiger partial charge >= 0.3 is 0 Å². The first-order valence-electron chi connectivity index (χ1n) is 6.73. The number of benzene rings is 1. The minimum Gasteiger partial charge on any atom is -0.370 e. The maximum atomic E-state index is 5.95. The molecule has 2 N–H and O–H groups in total. The molecule has 1 heterocycles. The summed E-state index contributed by atoms with van der Waals surface area (Å²) in [5, 5.41) is 4.09. The molecule has 0 spiro atoms. The molecule has 0 aliphatic carbocycles. The van der Waals surface area contributed by atoms with E-state index in [1.807, 2.05) is 29.2 Å². The van der Waals surface area contributed by atoms with Crippen molar-refractivity contribution in [2.75, 3.05) is 13.1 Å². The van der Waals surface area contributed by atoms with Crippen LogP contribution < -0.4 is 5.73 Å². The highest BCUT2D eigenvalue weighted by molar-refractivity contribution is 14.0. The summed E-state index contributed by atoms with van der Waals surface area (Å²) in [6.07, 6.45) is 3.19. The van der Waals surface area contributed by atoms with Gasteiger partial charge in [0.1, 0.15) is 12.7 Å². The Morgan fingerprint density at radius 3 is 2.43 bits per heavy atom. The average Bonchev–Trinajstić information content (AvgIpc) is 3.01. The van der Waals surface area contributed by atoms with Crippen molar-refractivity contribution in [3.63, 3.8) is 0 Å². The second kappa shape index (κ2) is 8.60.